The van der Waals surface area contributed by atoms with Crippen LogP contribution >= 0.6 is 0 Å². The molecule has 0 bridgehead atoms. The van der Waals surface area contributed by atoms with Gasteiger partial charge < -0.3 is 5.32 Å². The van der Waals surface area contributed by atoms with E-state index in [0.717, 1.165) is 12.1 Å². The van der Waals surface area contributed by atoms with E-state index >= 15 is 0 Å². The summed E-state index contributed by atoms with van der Waals surface area (Å²) >= 11 is 0. The fourth-order valence-electron chi connectivity index (χ4n) is 3.52. The molecule has 1 aliphatic rings. The van der Waals surface area contributed by atoms with Gasteiger partial charge >= 0.3 is 0 Å². The zero-order chi connectivity index (χ0) is 14.5. The first-order valence-corrected chi connectivity index (χ1v) is 9.62. The molecule has 1 fully saturated rings. The van der Waals surface area contributed by atoms with Crippen molar-refractivity contribution >= 4 is 0 Å². The Morgan fingerprint density at radius 1 is 0.600 bits per heavy atom. The molecule has 0 aromatic heterocycles. The molecule has 0 amide bonds. The van der Waals surface area contributed by atoms with Gasteiger partial charge in [-0.15, -0.1) is 0 Å². The highest BCUT2D eigenvalue weighted by Gasteiger charge is 2.22. The Kier molecular flexibility index (Phi) is 11.4. The molecule has 20 heavy (non-hydrogen) atoms. The van der Waals surface area contributed by atoms with Crippen molar-refractivity contribution in [3.8, 4) is 0 Å². The molecule has 0 unspecified atom stereocenters. The van der Waals surface area contributed by atoms with E-state index in [1.165, 1.54) is 96.3 Å². The molecule has 1 nitrogen and oxygen atoms in total. The zero-order valence-corrected chi connectivity index (χ0v) is 14.3. The van der Waals surface area contributed by atoms with Gasteiger partial charge in [0.25, 0.3) is 0 Å². The molecule has 0 saturated carbocycles. The van der Waals surface area contributed by atoms with Crippen LogP contribution in [0.2, 0.25) is 0 Å². The Morgan fingerprint density at radius 2 is 1.00 bits per heavy atom. The van der Waals surface area contributed by atoms with Crippen molar-refractivity contribution in [2.75, 3.05) is 0 Å². The number of nitrogens with one attached hydrogen (secondary N) is 1. The molecule has 0 aliphatic carbocycles. The van der Waals surface area contributed by atoms with Gasteiger partial charge in [-0.1, -0.05) is 84.5 Å². The first-order valence-electron chi connectivity index (χ1n) is 9.62. The second kappa shape index (κ2) is 12.7. The highest BCUT2D eigenvalue weighted by Crippen LogP contribution is 2.21. The van der Waals surface area contributed by atoms with Crippen LogP contribution in [0.15, 0.2) is 0 Å². The largest absolute Gasteiger partial charge is 0.311 e. The van der Waals surface area contributed by atoms with E-state index in [0.29, 0.717) is 0 Å². The van der Waals surface area contributed by atoms with Gasteiger partial charge in [0.2, 0.25) is 0 Å². The maximum absolute atomic E-state index is 3.88. The van der Waals surface area contributed by atoms with Crippen molar-refractivity contribution in [1.29, 1.82) is 0 Å². The summed E-state index contributed by atoms with van der Waals surface area (Å²) < 4.78 is 0. The Balaban J connectivity index is 1.88. The summed E-state index contributed by atoms with van der Waals surface area (Å²) in [5.74, 6) is 0. The van der Waals surface area contributed by atoms with Crippen molar-refractivity contribution < 1.29 is 0 Å². The predicted octanol–water partition coefficient (Wildman–Crippen LogP) is 6.22. The fourth-order valence-corrected chi connectivity index (χ4v) is 3.52. The lowest BCUT2D eigenvalue weighted by Gasteiger charge is -2.14. The van der Waals surface area contributed by atoms with Gasteiger partial charge in [-0.2, -0.15) is 0 Å². The molecule has 0 aromatic carbocycles. The van der Waals surface area contributed by atoms with E-state index in [1.807, 2.05) is 0 Å². The van der Waals surface area contributed by atoms with E-state index in [1.54, 1.807) is 0 Å². The monoisotopic (exact) mass is 281 g/mol. The minimum absolute atomic E-state index is 0.849. The first-order chi connectivity index (χ1) is 9.86. The minimum Gasteiger partial charge on any atom is -0.311 e. The first kappa shape index (κ1) is 18.0. The number of unbranched alkanes of at least 4 members (excludes halogenated alkanes) is 9. The normalized spacial score (nSPS) is 22.5. The Labute approximate surface area is 128 Å². The lowest BCUT2D eigenvalue weighted by molar-refractivity contribution is 0.454. The van der Waals surface area contributed by atoms with Crippen LogP contribution in [0.25, 0.3) is 0 Å². The summed E-state index contributed by atoms with van der Waals surface area (Å²) in [7, 11) is 0. The molecule has 0 radical (unpaired) electrons. The zero-order valence-electron chi connectivity index (χ0n) is 14.3. The molecule has 1 N–H and O–H groups in total. The molecule has 1 aliphatic heterocycles. The Bertz CT molecular complexity index is 202. The third-order valence-corrected chi connectivity index (χ3v) is 4.90. The number of rotatable bonds is 13. The summed E-state index contributed by atoms with van der Waals surface area (Å²) in [5, 5.41) is 3.88. The van der Waals surface area contributed by atoms with E-state index in [4.69, 9.17) is 0 Å². The second-order valence-corrected chi connectivity index (χ2v) is 6.90. The summed E-state index contributed by atoms with van der Waals surface area (Å²) in [5.41, 5.74) is 0. The van der Waals surface area contributed by atoms with Crippen molar-refractivity contribution in [3.63, 3.8) is 0 Å². The van der Waals surface area contributed by atoms with E-state index in [-0.39, 0.29) is 0 Å². The van der Waals surface area contributed by atoms with Crippen molar-refractivity contribution in [3.05, 3.63) is 0 Å². The summed E-state index contributed by atoms with van der Waals surface area (Å²) in [6, 6.07) is 1.70. The Hall–Kier alpha value is -0.0400. The SMILES string of the molecule is CCCCCCCCC[C@@H]1CC[C@H](CCCCCC)N1. The average molecular weight is 282 g/mol. The molecule has 2 atom stereocenters. The maximum Gasteiger partial charge on any atom is 0.00702 e. The lowest BCUT2D eigenvalue weighted by atomic mass is 10.0. The van der Waals surface area contributed by atoms with E-state index < -0.39 is 0 Å². The summed E-state index contributed by atoms with van der Waals surface area (Å²) in [6.45, 7) is 4.59. The maximum atomic E-state index is 3.88. The summed E-state index contributed by atoms with van der Waals surface area (Å²) in [6.07, 6.45) is 21.5. The quantitative estimate of drug-likeness (QED) is 0.395. The standard InChI is InChI=1S/C19H39N/c1-3-5-7-9-10-11-13-15-19-17-16-18(20-19)14-12-8-6-4-2/h18-20H,3-17H2,1-2H3/t18-,19+/m0/s1. The van der Waals surface area contributed by atoms with Gasteiger partial charge in [0.05, 0.1) is 0 Å². The van der Waals surface area contributed by atoms with E-state index in [2.05, 4.69) is 19.2 Å². The van der Waals surface area contributed by atoms with Gasteiger partial charge in [0, 0.05) is 12.1 Å². The van der Waals surface area contributed by atoms with Gasteiger partial charge in [0.1, 0.15) is 0 Å². The third-order valence-electron chi connectivity index (χ3n) is 4.90. The molecule has 1 heteroatoms. The molecule has 1 rings (SSSR count). The van der Waals surface area contributed by atoms with Gasteiger partial charge in [-0.25, -0.2) is 0 Å². The minimum atomic E-state index is 0.849. The highest BCUT2D eigenvalue weighted by molar-refractivity contribution is 4.83. The van der Waals surface area contributed by atoms with Crippen LogP contribution in [0.5, 0.6) is 0 Å². The molecule has 1 saturated heterocycles. The molecule has 0 spiro atoms. The molecule has 0 aromatic rings. The molecule has 1 heterocycles. The number of hydrogen-bond donors (Lipinski definition) is 1. The van der Waals surface area contributed by atoms with Crippen LogP contribution < -0.4 is 5.32 Å². The lowest BCUT2D eigenvalue weighted by Crippen LogP contribution is -2.29. The van der Waals surface area contributed by atoms with Gasteiger partial charge in [-0.3, -0.25) is 0 Å². The van der Waals surface area contributed by atoms with Gasteiger partial charge in [0.15, 0.2) is 0 Å². The highest BCUT2D eigenvalue weighted by atomic mass is 15.0. The third kappa shape index (κ3) is 9.00. The molecule has 120 valence electrons. The van der Waals surface area contributed by atoms with Crippen LogP contribution in [-0.2, 0) is 0 Å². The molecular weight excluding hydrogens is 242 g/mol. The van der Waals surface area contributed by atoms with Crippen molar-refractivity contribution in [2.24, 2.45) is 0 Å². The van der Waals surface area contributed by atoms with Gasteiger partial charge in [-0.05, 0) is 25.7 Å². The van der Waals surface area contributed by atoms with Crippen molar-refractivity contribution in [2.45, 2.75) is 122 Å². The van der Waals surface area contributed by atoms with Crippen LogP contribution in [-0.4, -0.2) is 12.1 Å². The fraction of sp³-hybridized carbons (Fsp3) is 1.00. The topological polar surface area (TPSA) is 12.0 Å². The average Bonchev–Trinajstić information content (AvgIpc) is 2.90. The van der Waals surface area contributed by atoms with Crippen LogP contribution in [0.1, 0.15) is 110 Å². The smallest absolute Gasteiger partial charge is 0.00702 e. The number of hydrogen-bond acceptors (Lipinski definition) is 1. The van der Waals surface area contributed by atoms with Crippen molar-refractivity contribution in [1.82, 2.24) is 5.32 Å². The second-order valence-electron chi connectivity index (χ2n) is 6.90. The van der Waals surface area contributed by atoms with Crippen LogP contribution in [0.4, 0.5) is 0 Å². The molecular formula is C19H39N. The van der Waals surface area contributed by atoms with E-state index in [9.17, 15) is 0 Å². The van der Waals surface area contributed by atoms with Crippen LogP contribution in [0, 0.1) is 0 Å². The predicted molar refractivity (Wildman–Crippen MR) is 91.3 cm³/mol. The Morgan fingerprint density at radius 3 is 1.50 bits per heavy atom. The summed E-state index contributed by atoms with van der Waals surface area (Å²) in [4.78, 5) is 0. The van der Waals surface area contributed by atoms with Crippen LogP contribution in [0.3, 0.4) is 0 Å².